The lowest BCUT2D eigenvalue weighted by Gasteiger charge is -2.11. The average molecular weight is 219 g/mol. The van der Waals surface area contributed by atoms with Crippen LogP contribution in [0.15, 0.2) is 6.07 Å². The number of nitrogens with zero attached hydrogens (tertiary/aromatic N) is 2. The van der Waals surface area contributed by atoms with Crippen LogP contribution in [0.3, 0.4) is 0 Å². The first kappa shape index (κ1) is 10.2. The van der Waals surface area contributed by atoms with Crippen molar-refractivity contribution in [2.45, 2.75) is 44.2 Å². The Kier molecular flexibility index (Phi) is 2.61. The number of hydrogen-bond donors (Lipinski definition) is 1. The van der Waals surface area contributed by atoms with E-state index in [4.69, 9.17) is 10.5 Å². The molecule has 86 valence electrons. The van der Waals surface area contributed by atoms with Crippen molar-refractivity contribution < 1.29 is 4.74 Å². The van der Waals surface area contributed by atoms with Crippen molar-refractivity contribution >= 4 is 0 Å². The summed E-state index contributed by atoms with van der Waals surface area (Å²) >= 11 is 0. The van der Waals surface area contributed by atoms with Crippen LogP contribution in [0.5, 0.6) is 0 Å². The van der Waals surface area contributed by atoms with Gasteiger partial charge in [-0.3, -0.25) is 0 Å². The van der Waals surface area contributed by atoms with Gasteiger partial charge in [-0.2, -0.15) is 0 Å². The molecule has 1 aromatic heterocycles. The van der Waals surface area contributed by atoms with Gasteiger partial charge in [0, 0.05) is 19.1 Å². The fourth-order valence-corrected chi connectivity index (χ4v) is 2.14. The molecule has 1 saturated heterocycles. The molecular formula is C12H17N3O. The summed E-state index contributed by atoms with van der Waals surface area (Å²) in [6.07, 6.45) is 4.82. The van der Waals surface area contributed by atoms with Crippen LogP contribution < -0.4 is 5.73 Å². The molecule has 16 heavy (non-hydrogen) atoms. The van der Waals surface area contributed by atoms with Crippen molar-refractivity contribution in [2.24, 2.45) is 5.73 Å². The molecule has 2 heterocycles. The molecule has 3 rings (SSSR count). The summed E-state index contributed by atoms with van der Waals surface area (Å²) in [7, 11) is 0. The quantitative estimate of drug-likeness (QED) is 0.840. The smallest absolute Gasteiger partial charge is 0.132 e. The molecule has 2 N–H and O–H groups in total. The van der Waals surface area contributed by atoms with Gasteiger partial charge in [-0.25, -0.2) is 9.97 Å². The van der Waals surface area contributed by atoms with Crippen LogP contribution in [0, 0.1) is 0 Å². The first-order valence-corrected chi connectivity index (χ1v) is 6.06. The zero-order chi connectivity index (χ0) is 11.0. The van der Waals surface area contributed by atoms with Crippen LogP contribution in [0.4, 0.5) is 0 Å². The molecule has 0 radical (unpaired) electrons. The predicted octanol–water partition coefficient (Wildman–Crippen LogP) is 1.66. The topological polar surface area (TPSA) is 61.0 Å². The van der Waals surface area contributed by atoms with Crippen molar-refractivity contribution in [1.82, 2.24) is 9.97 Å². The lowest BCUT2D eigenvalue weighted by atomic mass is 10.1. The summed E-state index contributed by atoms with van der Waals surface area (Å²) in [5.41, 5.74) is 7.66. The normalized spacial score (nSPS) is 24.9. The molecule has 4 heteroatoms. The minimum Gasteiger partial charge on any atom is -0.372 e. The van der Waals surface area contributed by atoms with Gasteiger partial charge in [-0.05, 0) is 31.7 Å². The van der Waals surface area contributed by atoms with Gasteiger partial charge in [0.05, 0.1) is 17.5 Å². The van der Waals surface area contributed by atoms with E-state index < -0.39 is 0 Å². The second-order valence-electron chi connectivity index (χ2n) is 4.62. The van der Waals surface area contributed by atoms with Gasteiger partial charge in [0.1, 0.15) is 5.82 Å². The van der Waals surface area contributed by atoms with Gasteiger partial charge in [0.2, 0.25) is 0 Å². The maximum atomic E-state index is 5.68. The predicted molar refractivity (Wildman–Crippen MR) is 59.8 cm³/mol. The lowest BCUT2D eigenvalue weighted by Crippen LogP contribution is -2.09. The number of rotatable bonds is 3. The highest BCUT2D eigenvalue weighted by molar-refractivity contribution is 5.18. The van der Waals surface area contributed by atoms with Crippen molar-refractivity contribution in [3.63, 3.8) is 0 Å². The highest BCUT2D eigenvalue weighted by atomic mass is 16.5. The highest BCUT2D eigenvalue weighted by Gasteiger charge is 2.29. The summed E-state index contributed by atoms with van der Waals surface area (Å²) in [6, 6.07) is 2.00. The molecule has 1 aliphatic heterocycles. The molecule has 0 bridgehead atoms. The van der Waals surface area contributed by atoms with E-state index in [2.05, 4.69) is 9.97 Å². The molecule has 0 aromatic carbocycles. The molecular weight excluding hydrogens is 202 g/mol. The van der Waals surface area contributed by atoms with Gasteiger partial charge in [-0.15, -0.1) is 0 Å². The molecule has 0 unspecified atom stereocenters. The van der Waals surface area contributed by atoms with E-state index in [1.807, 2.05) is 6.07 Å². The van der Waals surface area contributed by atoms with Crippen LogP contribution in [-0.4, -0.2) is 16.6 Å². The molecule has 2 aliphatic rings. The summed E-state index contributed by atoms with van der Waals surface area (Å²) in [4.78, 5) is 9.13. The van der Waals surface area contributed by atoms with E-state index in [1.54, 1.807) is 0 Å². The van der Waals surface area contributed by atoms with Crippen LogP contribution in [0.25, 0.3) is 0 Å². The summed E-state index contributed by atoms with van der Waals surface area (Å²) in [5, 5.41) is 0. The molecule has 1 atom stereocenters. The number of nitrogens with two attached hydrogens (primary N) is 1. The molecule has 1 saturated carbocycles. The Balaban J connectivity index is 1.92. The SMILES string of the molecule is NCc1cc([C@@H]2CCCO2)nc(C2CC2)n1. The Bertz CT molecular complexity index is 384. The van der Waals surface area contributed by atoms with Gasteiger partial charge < -0.3 is 10.5 Å². The second kappa shape index (κ2) is 4.11. The molecule has 4 nitrogen and oxygen atoms in total. The number of ether oxygens (including phenoxy) is 1. The monoisotopic (exact) mass is 219 g/mol. The van der Waals surface area contributed by atoms with Gasteiger partial charge in [0.15, 0.2) is 0 Å². The fraction of sp³-hybridized carbons (Fsp3) is 0.667. The largest absolute Gasteiger partial charge is 0.372 e. The van der Waals surface area contributed by atoms with Crippen molar-refractivity contribution in [3.8, 4) is 0 Å². The van der Waals surface area contributed by atoms with Gasteiger partial charge in [-0.1, -0.05) is 0 Å². The maximum absolute atomic E-state index is 5.68. The highest BCUT2D eigenvalue weighted by Crippen LogP contribution is 2.39. The van der Waals surface area contributed by atoms with Crippen molar-refractivity contribution in [3.05, 3.63) is 23.3 Å². The Labute approximate surface area is 95.2 Å². The summed E-state index contributed by atoms with van der Waals surface area (Å²) in [5.74, 6) is 1.56. The van der Waals surface area contributed by atoms with Crippen LogP contribution in [-0.2, 0) is 11.3 Å². The van der Waals surface area contributed by atoms with E-state index >= 15 is 0 Å². The van der Waals surface area contributed by atoms with E-state index in [9.17, 15) is 0 Å². The van der Waals surface area contributed by atoms with E-state index in [0.717, 1.165) is 36.7 Å². The second-order valence-corrected chi connectivity index (χ2v) is 4.62. The van der Waals surface area contributed by atoms with Gasteiger partial charge in [0.25, 0.3) is 0 Å². The third-order valence-electron chi connectivity index (χ3n) is 3.23. The van der Waals surface area contributed by atoms with Crippen molar-refractivity contribution in [2.75, 3.05) is 6.61 Å². The molecule has 2 fully saturated rings. The average Bonchev–Trinajstić information content (AvgIpc) is 3.04. The Morgan fingerprint density at radius 1 is 1.31 bits per heavy atom. The Morgan fingerprint density at radius 2 is 2.19 bits per heavy atom. The minimum atomic E-state index is 0.172. The zero-order valence-corrected chi connectivity index (χ0v) is 9.35. The van der Waals surface area contributed by atoms with E-state index in [0.29, 0.717) is 12.5 Å². The van der Waals surface area contributed by atoms with Crippen LogP contribution in [0.2, 0.25) is 0 Å². The third kappa shape index (κ3) is 1.95. The van der Waals surface area contributed by atoms with Crippen LogP contribution in [0.1, 0.15) is 54.9 Å². The Hall–Kier alpha value is -1.00. The van der Waals surface area contributed by atoms with Gasteiger partial charge >= 0.3 is 0 Å². The molecule has 1 aromatic rings. The Morgan fingerprint density at radius 3 is 2.81 bits per heavy atom. The third-order valence-corrected chi connectivity index (χ3v) is 3.23. The molecule has 0 amide bonds. The molecule has 0 spiro atoms. The van der Waals surface area contributed by atoms with E-state index in [1.165, 1.54) is 12.8 Å². The van der Waals surface area contributed by atoms with E-state index in [-0.39, 0.29) is 6.10 Å². The zero-order valence-electron chi connectivity index (χ0n) is 9.35. The number of aromatic nitrogens is 2. The minimum absolute atomic E-state index is 0.172. The van der Waals surface area contributed by atoms with Crippen molar-refractivity contribution in [1.29, 1.82) is 0 Å². The summed E-state index contributed by atoms with van der Waals surface area (Å²) < 4.78 is 5.66. The number of hydrogen-bond acceptors (Lipinski definition) is 4. The molecule has 1 aliphatic carbocycles. The standard InChI is InChI=1S/C12H17N3O/c13-7-9-6-10(11-2-1-5-16-11)15-12(14-9)8-3-4-8/h6,8,11H,1-5,7,13H2/t11-/m0/s1. The maximum Gasteiger partial charge on any atom is 0.132 e. The first-order chi connectivity index (χ1) is 7.86. The first-order valence-electron chi connectivity index (χ1n) is 6.06. The van der Waals surface area contributed by atoms with Crippen LogP contribution >= 0.6 is 0 Å². The lowest BCUT2D eigenvalue weighted by molar-refractivity contribution is 0.108. The fourth-order valence-electron chi connectivity index (χ4n) is 2.14. The summed E-state index contributed by atoms with van der Waals surface area (Å²) in [6.45, 7) is 1.34.